The second-order valence-corrected chi connectivity index (χ2v) is 5.61. The number of aryl methyl sites for hydroxylation is 2. The molecular formula is C19H18N2O3. The molecule has 0 radical (unpaired) electrons. The highest BCUT2D eigenvalue weighted by Gasteiger charge is 2.14. The largest absolute Gasteiger partial charge is 0.496 e. The molecule has 0 unspecified atom stereocenters. The molecule has 1 amide bonds. The van der Waals surface area contributed by atoms with Gasteiger partial charge in [0.15, 0.2) is 0 Å². The van der Waals surface area contributed by atoms with Crippen molar-refractivity contribution in [3.05, 3.63) is 59.3 Å². The van der Waals surface area contributed by atoms with Crippen LogP contribution in [0.3, 0.4) is 0 Å². The normalized spacial score (nSPS) is 10.6. The number of ether oxygens (including phenoxy) is 2. The minimum absolute atomic E-state index is 0.295. The van der Waals surface area contributed by atoms with Gasteiger partial charge >= 0.3 is 0 Å². The van der Waals surface area contributed by atoms with Crippen LogP contribution in [0.4, 0.5) is 0 Å². The van der Waals surface area contributed by atoms with Crippen LogP contribution in [0.1, 0.15) is 21.5 Å². The zero-order valence-electron chi connectivity index (χ0n) is 13.8. The van der Waals surface area contributed by atoms with Crippen molar-refractivity contribution in [2.45, 2.75) is 13.8 Å². The smallest absolute Gasteiger partial charge is 0.252 e. The van der Waals surface area contributed by atoms with E-state index in [1.54, 1.807) is 24.4 Å². The summed E-state index contributed by atoms with van der Waals surface area (Å²) in [6.07, 6.45) is 1.66. The number of fused-ring (bicyclic) bond motifs is 1. The topological polar surface area (TPSA) is 74.4 Å². The van der Waals surface area contributed by atoms with Crippen LogP contribution in [0.2, 0.25) is 0 Å². The summed E-state index contributed by atoms with van der Waals surface area (Å²) in [7, 11) is 1.49. The van der Waals surface area contributed by atoms with Gasteiger partial charge in [0.25, 0.3) is 5.91 Å². The summed E-state index contributed by atoms with van der Waals surface area (Å²) in [6, 6.07) is 11.1. The maximum Gasteiger partial charge on any atom is 0.252 e. The summed E-state index contributed by atoms with van der Waals surface area (Å²) in [5, 5.41) is 0.702. The Morgan fingerprint density at radius 3 is 2.54 bits per heavy atom. The third-order valence-electron chi connectivity index (χ3n) is 3.85. The van der Waals surface area contributed by atoms with E-state index in [9.17, 15) is 4.79 Å². The quantitative estimate of drug-likeness (QED) is 0.794. The van der Waals surface area contributed by atoms with Crippen LogP contribution in [0.15, 0.2) is 42.6 Å². The maximum absolute atomic E-state index is 11.7. The van der Waals surface area contributed by atoms with Gasteiger partial charge in [-0.15, -0.1) is 0 Å². The number of rotatable bonds is 4. The van der Waals surface area contributed by atoms with Crippen molar-refractivity contribution in [2.24, 2.45) is 5.73 Å². The number of hydrogen-bond donors (Lipinski definition) is 1. The van der Waals surface area contributed by atoms with E-state index < -0.39 is 5.91 Å². The molecule has 0 fully saturated rings. The molecule has 0 aliphatic heterocycles. The Morgan fingerprint density at radius 1 is 1.04 bits per heavy atom. The van der Waals surface area contributed by atoms with Crippen molar-refractivity contribution in [3.63, 3.8) is 0 Å². The van der Waals surface area contributed by atoms with E-state index in [1.807, 2.05) is 32.0 Å². The summed E-state index contributed by atoms with van der Waals surface area (Å²) < 4.78 is 11.3. The first-order valence-electron chi connectivity index (χ1n) is 7.51. The first-order chi connectivity index (χ1) is 11.5. The van der Waals surface area contributed by atoms with E-state index in [4.69, 9.17) is 15.2 Å². The van der Waals surface area contributed by atoms with Crippen LogP contribution < -0.4 is 15.2 Å². The Labute approximate surface area is 140 Å². The number of hydrogen-bond acceptors (Lipinski definition) is 4. The van der Waals surface area contributed by atoms with Gasteiger partial charge in [-0.25, -0.2) is 0 Å². The molecule has 2 aromatic carbocycles. The van der Waals surface area contributed by atoms with Crippen molar-refractivity contribution < 1.29 is 14.3 Å². The lowest BCUT2D eigenvalue weighted by atomic mass is 10.1. The lowest BCUT2D eigenvalue weighted by molar-refractivity contribution is 0.0997. The molecule has 0 aliphatic carbocycles. The highest BCUT2D eigenvalue weighted by molar-refractivity contribution is 6.01. The fraction of sp³-hybridized carbons (Fsp3) is 0.158. The number of benzene rings is 2. The standard InChI is InChI=1S/C19H18N2O3/c1-11-4-5-12(2)17(8-11)24-16-6-7-21-15-10-18(23-3)14(19(20)22)9-13(15)16/h4-10H,1-3H3,(H2,20,22). The lowest BCUT2D eigenvalue weighted by Crippen LogP contribution is -2.12. The second kappa shape index (κ2) is 6.20. The summed E-state index contributed by atoms with van der Waals surface area (Å²) >= 11 is 0. The van der Waals surface area contributed by atoms with Crippen molar-refractivity contribution >= 4 is 16.8 Å². The zero-order valence-corrected chi connectivity index (χ0v) is 13.8. The summed E-state index contributed by atoms with van der Waals surface area (Å²) in [5.74, 6) is 1.21. The van der Waals surface area contributed by atoms with Gasteiger partial charge in [-0.2, -0.15) is 0 Å². The summed E-state index contributed by atoms with van der Waals surface area (Å²) in [6.45, 7) is 3.99. The number of amides is 1. The molecule has 0 spiro atoms. The van der Waals surface area contributed by atoms with Gasteiger partial charge in [-0.05, 0) is 43.2 Å². The highest BCUT2D eigenvalue weighted by Crippen LogP contribution is 2.34. The van der Waals surface area contributed by atoms with Gasteiger partial charge in [0, 0.05) is 17.6 Å². The molecule has 0 saturated carbocycles. The number of methoxy groups -OCH3 is 1. The molecule has 0 saturated heterocycles. The molecular weight excluding hydrogens is 304 g/mol. The van der Waals surface area contributed by atoms with E-state index in [0.29, 0.717) is 28.0 Å². The van der Waals surface area contributed by atoms with Gasteiger partial charge in [0.05, 0.1) is 18.2 Å². The molecule has 1 aromatic heterocycles. The van der Waals surface area contributed by atoms with Gasteiger partial charge in [0.2, 0.25) is 0 Å². The summed E-state index contributed by atoms with van der Waals surface area (Å²) in [5.41, 5.74) is 8.54. The first-order valence-corrected chi connectivity index (χ1v) is 7.51. The fourth-order valence-corrected chi connectivity index (χ4v) is 2.53. The van der Waals surface area contributed by atoms with E-state index in [0.717, 1.165) is 16.9 Å². The van der Waals surface area contributed by atoms with Crippen molar-refractivity contribution in [1.29, 1.82) is 0 Å². The molecule has 0 bridgehead atoms. The Kier molecular flexibility index (Phi) is 4.08. The van der Waals surface area contributed by atoms with E-state index in [2.05, 4.69) is 4.98 Å². The first kappa shape index (κ1) is 15.8. The summed E-state index contributed by atoms with van der Waals surface area (Å²) in [4.78, 5) is 16.0. The van der Waals surface area contributed by atoms with E-state index in [1.165, 1.54) is 7.11 Å². The Bertz CT molecular complexity index is 935. The Hall–Kier alpha value is -3.08. The fourth-order valence-electron chi connectivity index (χ4n) is 2.53. The van der Waals surface area contributed by atoms with Gasteiger partial charge < -0.3 is 15.2 Å². The monoisotopic (exact) mass is 322 g/mol. The van der Waals surface area contributed by atoms with E-state index >= 15 is 0 Å². The number of carbonyl (C=O) groups is 1. The van der Waals surface area contributed by atoms with Gasteiger partial charge in [-0.1, -0.05) is 12.1 Å². The molecule has 24 heavy (non-hydrogen) atoms. The lowest BCUT2D eigenvalue weighted by Gasteiger charge is -2.13. The van der Waals surface area contributed by atoms with Crippen LogP contribution in [0.5, 0.6) is 17.2 Å². The number of primary amides is 1. The second-order valence-electron chi connectivity index (χ2n) is 5.61. The van der Waals surface area contributed by atoms with Crippen LogP contribution in [-0.4, -0.2) is 18.0 Å². The van der Waals surface area contributed by atoms with Gasteiger partial charge in [0.1, 0.15) is 17.2 Å². The number of aromatic nitrogens is 1. The molecule has 5 nitrogen and oxygen atoms in total. The predicted octanol–water partition coefficient (Wildman–Crippen LogP) is 3.75. The highest BCUT2D eigenvalue weighted by atomic mass is 16.5. The molecule has 0 atom stereocenters. The molecule has 0 aliphatic rings. The average molecular weight is 322 g/mol. The molecule has 1 heterocycles. The zero-order chi connectivity index (χ0) is 17.3. The van der Waals surface area contributed by atoms with Crippen LogP contribution >= 0.6 is 0 Å². The maximum atomic E-state index is 11.7. The van der Waals surface area contributed by atoms with E-state index in [-0.39, 0.29) is 0 Å². The molecule has 3 aromatic rings. The molecule has 5 heteroatoms. The number of pyridine rings is 1. The van der Waals surface area contributed by atoms with Crippen LogP contribution in [0.25, 0.3) is 10.9 Å². The predicted molar refractivity (Wildman–Crippen MR) is 92.8 cm³/mol. The SMILES string of the molecule is COc1cc2nccc(Oc3cc(C)ccc3C)c2cc1C(N)=O. The third-order valence-corrected chi connectivity index (χ3v) is 3.85. The van der Waals surface area contributed by atoms with Crippen molar-refractivity contribution in [1.82, 2.24) is 4.98 Å². The third kappa shape index (κ3) is 2.88. The number of carbonyl (C=O) groups excluding carboxylic acids is 1. The van der Waals surface area contributed by atoms with Gasteiger partial charge in [-0.3, -0.25) is 9.78 Å². The average Bonchev–Trinajstić information content (AvgIpc) is 2.57. The Morgan fingerprint density at radius 2 is 1.83 bits per heavy atom. The molecule has 2 N–H and O–H groups in total. The van der Waals surface area contributed by atoms with Crippen molar-refractivity contribution in [2.75, 3.05) is 7.11 Å². The number of nitrogens with two attached hydrogens (primary N) is 1. The minimum atomic E-state index is -0.560. The van der Waals surface area contributed by atoms with Crippen LogP contribution in [-0.2, 0) is 0 Å². The van der Waals surface area contributed by atoms with Crippen molar-refractivity contribution in [3.8, 4) is 17.2 Å². The van der Waals surface area contributed by atoms with Crippen LogP contribution in [0, 0.1) is 13.8 Å². The Balaban J connectivity index is 2.16. The molecule has 122 valence electrons. The number of nitrogens with zero attached hydrogens (tertiary/aromatic N) is 1. The molecule has 3 rings (SSSR count). The minimum Gasteiger partial charge on any atom is -0.496 e.